The molecule has 1 aromatic heterocycles. The lowest BCUT2D eigenvalue weighted by Crippen LogP contribution is -2.43. The third kappa shape index (κ3) is 2.36. The summed E-state index contributed by atoms with van der Waals surface area (Å²) in [6, 6.07) is -1.04. The monoisotopic (exact) mass is 311 g/mol. The van der Waals surface area contributed by atoms with Crippen molar-refractivity contribution in [1.82, 2.24) is 9.29 Å². The van der Waals surface area contributed by atoms with Crippen LogP contribution in [0.3, 0.4) is 0 Å². The summed E-state index contributed by atoms with van der Waals surface area (Å²) in [5, 5.41) is 9.48. The molecular weight excluding hydrogens is 302 g/mol. The van der Waals surface area contributed by atoms with E-state index in [1.54, 1.807) is 0 Å². The number of β-amino-alcohol motifs (C(OH)–C–C–N with tert-alkyl or cyclic N) is 1. The van der Waals surface area contributed by atoms with Gasteiger partial charge in [-0.3, -0.25) is 4.79 Å². The summed E-state index contributed by atoms with van der Waals surface area (Å²) in [4.78, 5) is 14.9. The average molecular weight is 312 g/mol. The lowest BCUT2D eigenvalue weighted by molar-refractivity contribution is -0.121. The highest BCUT2D eigenvalue weighted by atomic mass is 35.5. The number of sulfonamides is 1. The van der Waals surface area contributed by atoms with Gasteiger partial charge >= 0.3 is 0 Å². The Morgan fingerprint density at radius 1 is 1.67 bits per heavy atom. The largest absolute Gasteiger partial charge is 0.392 e. The molecule has 10 heteroatoms. The van der Waals surface area contributed by atoms with Crippen molar-refractivity contribution >= 4 is 38.9 Å². The maximum Gasteiger partial charge on any atom is 0.255 e. The van der Waals surface area contributed by atoms with Crippen LogP contribution in [0, 0.1) is 0 Å². The molecule has 7 nitrogen and oxygen atoms in total. The van der Waals surface area contributed by atoms with E-state index in [0.29, 0.717) is 0 Å². The van der Waals surface area contributed by atoms with Crippen molar-refractivity contribution in [3.05, 3.63) is 10.7 Å². The first-order valence-corrected chi connectivity index (χ1v) is 7.56. The quantitative estimate of drug-likeness (QED) is 0.774. The fourth-order valence-electron chi connectivity index (χ4n) is 1.78. The predicted octanol–water partition coefficient (Wildman–Crippen LogP) is -0.594. The van der Waals surface area contributed by atoms with E-state index in [4.69, 9.17) is 17.3 Å². The first-order valence-electron chi connectivity index (χ1n) is 4.93. The number of carbonyl (C=O) groups is 1. The van der Waals surface area contributed by atoms with Gasteiger partial charge in [-0.25, -0.2) is 13.4 Å². The van der Waals surface area contributed by atoms with E-state index in [0.717, 1.165) is 21.8 Å². The molecule has 0 aromatic carbocycles. The zero-order chi connectivity index (χ0) is 13.5. The maximum atomic E-state index is 12.2. The molecule has 1 saturated heterocycles. The van der Waals surface area contributed by atoms with Crippen molar-refractivity contribution in [3.63, 3.8) is 0 Å². The summed E-state index contributed by atoms with van der Waals surface area (Å²) in [6.45, 7) is -0.161. The van der Waals surface area contributed by atoms with Crippen LogP contribution >= 0.6 is 22.9 Å². The summed E-state index contributed by atoms with van der Waals surface area (Å²) in [6.07, 6.45) is 0.215. The molecule has 1 amide bonds. The normalized spacial score (nSPS) is 25.4. The van der Waals surface area contributed by atoms with Crippen LogP contribution in [-0.4, -0.2) is 47.4 Å². The van der Waals surface area contributed by atoms with E-state index in [2.05, 4.69) is 4.98 Å². The minimum atomic E-state index is -3.90. The summed E-state index contributed by atoms with van der Waals surface area (Å²) < 4.78 is 25.4. The van der Waals surface area contributed by atoms with Gasteiger partial charge < -0.3 is 10.8 Å². The number of aliphatic hydroxyl groups excluding tert-OH is 1. The Morgan fingerprint density at radius 3 is 2.83 bits per heavy atom. The lowest BCUT2D eigenvalue weighted by atomic mass is 10.2. The van der Waals surface area contributed by atoms with Gasteiger partial charge in [-0.05, 0) is 0 Å². The molecule has 100 valence electrons. The first kappa shape index (κ1) is 13.7. The summed E-state index contributed by atoms with van der Waals surface area (Å²) in [5.41, 5.74) is 5.14. The van der Waals surface area contributed by atoms with E-state index in [9.17, 15) is 18.3 Å². The van der Waals surface area contributed by atoms with Crippen molar-refractivity contribution in [3.8, 4) is 0 Å². The topological polar surface area (TPSA) is 114 Å². The Kier molecular flexibility index (Phi) is 3.60. The molecule has 1 aliphatic heterocycles. The van der Waals surface area contributed by atoms with E-state index in [1.807, 2.05) is 0 Å². The van der Waals surface area contributed by atoms with Crippen molar-refractivity contribution in [2.24, 2.45) is 5.73 Å². The number of amides is 1. The molecule has 2 atom stereocenters. The molecule has 0 radical (unpaired) electrons. The SMILES string of the molecule is NC(=O)C1CC(O)CN1S(=O)(=O)c1cnc(Cl)s1. The smallest absolute Gasteiger partial charge is 0.255 e. The molecule has 0 saturated carbocycles. The second-order valence-corrected chi connectivity index (χ2v) is 7.54. The van der Waals surface area contributed by atoms with Crippen molar-refractivity contribution < 1.29 is 18.3 Å². The Bertz CT molecular complexity index is 573. The number of hydrogen-bond donors (Lipinski definition) is 2. The van der Waals surface area contributed by atoms with Gasteiger partial charge in [0.2, 0.25) is 5.91 Å². The number of aromatic nitrogens is 1. The Labute approximate surface area is 112 Å². The van der Waals surface area contributed by atoms with Gasteiger partial charge in [-0.1, -0.05) is 22.9 Å². The van der Waals surface area contributed by atoms with E-state index < -0.39 is 28.1 Å². The number of nitrogens with two attached hydrogens (primary N) is 1. The highest BCUT2D eigenvalue weighted by molar-refractivity contribution is 7.91. The molecule has 0 spiro atoms. The van der Waals surface area contributed by atoms with Crippen molar-refractivity contribution in [1.29, 1.82) is 0 Å². The predicted molar refractivity (Wildman–Crippen MR) is 64.6 cm³/mol. The number of aliphatic hydroxyl groups is 1. The number of carbonyl (C=O) groups excluding carboxylic acids is 1. The van der Waals surface area contributed by atoms with Gasteiger partial charge in [0.1, 0.15) is 6.04 Å². The van der Waals surface area contributed by atoms with Crippen molar-refractivity contribution in [2.45, 2.75) is 22.8 Å². The van der Waals surface area contributed by atoms with E-state index >= 15 is 0 Å². The second-order valence-electron chi connectivity index (χ2n) is 3.81. The zero-order valence-electron chi connectivity index (χ0n) is 8.98. The fraction of sp³-hybridized carbons (Fsp3) is 0.500. The van der Waals surface area contributed by atoms with Gasteiger partial charge in [0, 0.05) is 13.0 Å². The number of primary amides is 1. The van der Waals surface area contributed by atoms with Crippen molar-refractivity contribution in [2.75, 3.05) is 6.54 Å². The third-order valence-electron chi connectivity index (χ3n) is 2.58. The maximum absolute atomic E-state index is 12.2. The molecular formula is C8H10ClN3O4S2. The Hall–Kier alpha value is -0.740. The highest BCUT2D eigenvalue weighted by Crippen LogP contribution is 2.30. The molecule has 1 aromatic rings. The number of hydrogen-bond acceptors (Lipinski definition) is 6. The molecule has 0 aliphatic carbocycles. The van der Waals surface area contributed by atoms with Crippen LogP contribution in [0.5, 0.6) is 0 Å². The minimum Gasteiger partial charge on any atom is -0.392 e. The average Bonchev–Trinajstić information content (AvgIpc) is 2.84. The number of thiazole rings is 1. The van der Waals surface area contributed by atoms with Crippen LogP contribution in [0.25, 0.3) is 0 Å². The molecule has 1 fully saturated rings. The number of nitrogens with zero attached hydrogens (tertiary/aromatic N) is 2. The molecule has 18 heavy (non-hydrogen) atoms. The molecule has 2 heterocycles. The third-order valence-corrected chi connectivity index (χ3v) is 6.01. The van der Waals surface area contributed by atoms with Crippen LogP contribution < -0.4 is 5.73 Å². The van der Waals surface area contributed by atoms with Gasteiger partial charge in [0.05, 0.1) is 12.3 Å². The highest BCUT2D eigenvalue weighted by Gasteiger charge is 2.43. The Balaban J connectivity index is 2.38. The number of halogens is 1. The van der Waals surface area contributed by atoms with E-state index in [-0.39, 0.29) is 21.6 Å². The van der Waals surface area contributed by atoms with Gasteiger partial charge in [0.15, 0.2) is 8.68 Å². The van der Waals surface area contributed by atoms with Crippen LogP contribution in [0.4, 0.5) is 0 Å². The minimum absolute atomic E-state index is 0.00109. The summed E-state index contributed by atoms with van der Waals surface area (Å²) in [7, 11) is -3.90. The van der Waals surface area contributed by atoms with Gasteiger partial charge in [0.25, 0.3) is 10.0 Å². The molecule has 1 aliphatic rings. The molecule has 0 bridgehead atoms. The van der Waals surface area contributed by atoms with E-state index in [1.165, 1.54) is 0 Å². The van der Waals surface area contributed by atoms with Crippen LogP contribution in [0.15, 0.2) is 10.4 Å². The van der Waals surface area contributed by atoms with Crippen LogP contribution in [0.2, 0.25) is 4.47 Å². The number of rotatable bonds is 3. The van der Waals surface area contributed by atoms with Crippen LogP contribution in [0.1, 0.15) is 6.42 Å². The second kappa shape index (κ2) is 4.74. The first-order chi connectivity index (χ1) is 8.32. The molecule has 2 unspecified atom stereocenters. The van der Waals surface area contributed by atoms with Crippen LogP contribution in [-0.2, 0) is 14.8 Å². The zero-order valence-corrected chi connectivity index (χ0v) is 11.4. The molecule has 3 N–H and O–H groups in total. The summed E-state index contributed by atoms with van der Waals surface area (Å²) >= 11 is 6.37. The fourth-order valence-corrected chi connectivity index (χ4v) is 4.85. The molecule has 2 rings (SSSR count). The summed E-state index contributed by atoms with van der Waals surface area (Å²) in [5.74, 6) is -0.786. The lowest BCUT2D eigenvalue weighted by Gasteiger charge is -2.19. The van der Waals surface area contributed by atoms with Gasteiger partial charge in [-0.2, -0.15) is 4.31 Å². The Morgan fingerprint density at radius 2 is 2.33 bits per heavy atom. The standard InChI is InChI=1S/C8H10ClN3O4S2/c9-8-11-2-6(17-8)18(15,16)12-3-4(13)1-5(12)7(10)14/h2,4-5,13H,1,3H2,(H2,10,14). The van der Waals surface area contributed by atoms with Gasteiger partial charge in [-0.15, -0.1) is 0 Å².